The van der Waals surface area contributed by atoms with Crippen molar-refractivity contribution < 1.29 is 5.11 Å². The van der Waals surface area contributed by atoms with Crippen molar-refractivity contribution >= 4 is 5.69 Å². The predicted octanol–water partition coefficient (Wildman–Crippen LogP) is 3.09. The number of hydrogen-bond donors (Lipinski definition) is 1. The molecule has 0 unspecified atom stereocenters. The molecule has 19 heavy (non-hydrogen) atoms. The van der Waals surface area contributed by atoms with Crippen molar-refractivity contribution in [2.75, 3.05) is 11.4 Å². The maximum atomic E-state index is 9.68. The highest BCUT2D eigenvalue weighted by atomic mass is 16.3. The zero-order valence-corrected chi connectivity index (χ0v) is 11.3. The molecule has 1 aromatic carbocycles. The predicted molar refractivity (Wildman–Crippen MR) is 76.4 cm³/mol. The molecule has 0 saturated heterocycles. The van der Waals surface area contributed by atoms with Crippen LogP contribution in [0.5, 0.6) is 5.75 Å². The smallest absolute Gasteiger partial charge is 0.116 e. The lowest BCUT2D eigenvalue weighted by atomic mass is 9.87. The highest BCUT2D eigenvalue weighted by Crippen LogP contribution is 2.42. The summed E-state index contributed by atoms with van der Waals surface area (Å²) in [5, 5.41) is 9.68. The van der Waals surface area contributed by atoms with E-state index in [1.165, 1.54) is 16.8 Å². The molecule has 1 aliphatic rings. The van der Waals surface area contributed by atoms with E-state index in [9.17, 15) is 5.11 Å². The topological polar surface area (TPSA) is 36.4 Å². The number of phenols is 1. The molecule has 3 heteroatoms. The summed E-state index contributed by atoms with van der Waals surface area (Å²) in [5.41, 5.74) is 3.77. The molecule has 1 aromatic heterocycles. The summed E-state index contributed by atoms with van der Waals surface area (Å²) in [6.07, 6.45) is 3.66. The number of pyridine rings is 1. The molecule has 0 saturated carbocycles. The zero-order valence-electron chi connectivity index (χ0n) is 11.3. The van der Waals surface area contributed by atoms with E-state index in [1.54, 1.807) is 6.07 Å². The third-order valence-electron chi connectivity index (χ3n) is 3.76. The van der Waals surface area contributed by atoms with Gasteiger partial charge in [-0.05, 0) is 41.5 Å². The van der Waals surface area contributed by atoms with Crippen LogP contribution in [0.2, 0.25) is 0 Å². The van der Waals surface area contributed by atoms with Gasteiger partial charge in [0, 0.05) is 36.6 Å². The molecule has 0 bridgehead atoms. The van der Waals surface area contributed by atoms with Gasteiger partial charge in [0.2, 0.25) is 0 Å². The fourth-order valence-electron chi connectivity index (χ4n) is 2.84. The van der Waals surface area contributed by atoms with Crippen LogP contribution in [-0.4, -0.2) is 16.6 Å². The van der Waals surface area contributed by atoms with E-state index < -0.39 is 0 Å². The average Bonchev–Trinajstić information content (AvgIpc) is 2.62. The quantitative estimate of drug-likeness (QED) is 0.894. The Labute approximate surface area is 113 Å². The first-order valence-electron chi connectivity index (χ1n) is 6.54. The largest absolute Gasteiger partial charge is 0.508 e. The number of nitrogens with zero attached hydrogens (tertiary/aromatic N) is 2. The van der Waals surface area contributed by atoms with E-state index >= 15 is 0 Å². The number of anilines is 1. The van der Waals surface area contributed by atoms with Gasteiger partial charge in [-0.15, -0.1) is 0 Å². The van der Waals surface area contributed by atoms with E-state index in [2.05, 4.69) is 23.7 Å². The Morgan fingerprint density at radius 1 is 1.21 bits per heavy atom. The van der Waals surface area contributed by atoms with Gasteiger partial charge < -0.3 is 10.0 Å². The molecule has 1 aliphatic heterocycles. The fourth-order valence-corrected chi connectivity index (χ4v) is 2.84. The first kappa shape index (κ1) is 12.0. The van der Waals surface area contributed by atoms with Crippen molar-refractivity contribution in [2.24, 2.45) is 0 Å². The minimum Gasteiger partial charge on any atom is -0.508 e. The number of hydrogen-bond acceptors (Lipinski definition) is 3. The van der Waals surface area contributed by atoms with Crippen LogP contribution in [0.1, 0.15) is 25.0 Å². The number of benzene rings is 1. The van der Waals surface area contributed by atoms with Gasteiger partial charge in [-0.3, -0.25) is 4.98 Å². The molecule has 98 valence electrons. The molecule has 3 rings (SSSR count). The Kier molecular flexibility index (Phi) is 2.70. The molecule has 1 N–H and O–H groups in total. The van der Waals surface area contributed by atoms with E-state index in [0.717, 1.165) is 13.1 Å². The third kappa shape index (κ3) is 2.16. The number of aromatic nitrogens is 1. The molecule has 0 radical (unpaired) electrons. The minimum absolute atomic E-state index is 0.0705. The lowest BCUT2D eigenvalue weighted by molar-refractivity contribution is 0.471. The van der Waals surface area contributed by atoms with Crippen LogP contribution in [0.15, 0.2) is 42.7 Å². The summed E-state index contributed by atoms with van der Waals surface area (Å²) < 4.78 is 0. The first-order chi connectivity index (χ1) is 9.06. The fraction of sp³-hybridized carbons (Fsp3) is 0.312. The van der Waals surface area contributed by atoms with Crippen molar-refractivity contribution in [3.05, 3.63) is 53.9 Å². The Balaban J connectivity index is 1.95. The highest BCUT2D eigenvalue weighted by Gasteiger charge is 2.35. The monoisotopic (exact) mass is 254 g/mol. The molecule has 0 fully saturated rings. The van der Waals surface area contributed by atoms with Crippen molar-refractivity contribution in [1.29, 1.82) is 0 Å². The summed E-state index contributed by atoms with van der Waals surface area (Å²) in [4.78, 5) is 6.42. The van der Waals surface area contributed by atoms with Crippen molar-refractivity contribution in [1.82, 2.24) is 4.98 Å². The maximum Gasteiger partial charge on any atom is 0.116 e. The Morgan fingerprint density at radius 2 is 1.95 bits per heavy atom. The molecule has 2 heterocycles. The van der Waals surface area contributed by atoms with Crippen LogP contribution >= 0.6 is 0 Å². The van der Waals surface area contributed by atoms with E-state index in [1.807, 2.05) is 36.7 Å². The van der Waals surface area contributed by atoms with Gasteiger partial charge in [-0.25, -0.2) is 0 Å². The van der Waals surface area contributed by atoms with Crippen LogP contribution in [0, 0.1) is 0 Å². The van der Waals surface area contributed by atoms with Gasteiger partial charge in [0.25, 0.3) is 0 Å². The number of rotatable bonds is 2. The standard InChI is InChI=1S/C16H18N2O/c1-16(2)11-18(10-12-5-7-17-8-6-12)15-4-3-13(19)9-14(15)16/h3-9,19H,10-11H2,1-2H3. The van der Waals surface area contributed by atoms with Crippen LogP contribution in [-0.2, 0) is 12.0 Å². The third-order valence-corrected chi connectivity index (χ3v) is 3.76. The van der Waals surface area contributed by atoms with E-state index in [0.29, 0.717) is 5.75 Å². The number of fused-ring (bicyclic) bond motifs is 1. The summed E-state index contributed by atoms with van der Waals surface area (Å²) >= 11 is 0. The zero-order chi connectivity index (χ0) is 13.5. The summed E-state index contributed by atoms with van der Waals surface area (Å²) in [7, 11) is 0. The second-order valence-corrected chi connectivity index (χ2v) is 5.80. The molecule has 2 aromatic rings. The van der Waals surface area contributed by atoms with Gasteiger partial charge in [0.1, 0.15) is 5.75 Å². The molecular formula is C16H18N2O. The van der Waals surface area contributed by atoms with Gasteiger partial charge in [0.15, 0.2) is 0 Å². The lowest BCUT2D eigenvalue weighted by Crippen LogP contribution is -2.28. The van der Waals surface area contributed by atoms with Crippen LogP contribution < -0.4 is 4.90 Å². The minimum atomic E-state index is 0.0705. The van der Waals surface area contributed by atoms with E-state index in [4.69, 9.17) is 0 Å². The lowest BCUT2D eigenvalue weighted by Gasteiger charge is -2.22. The molecule has 0 spiro atoms. The Morgan fingerprint density at radius 3 is 2.68 bits per heavy atom. The second-order valence-electron chi connectivity index (χ2n) is 5.80. The van der Waals surface area contributed by atoms with Gasteiger partial charge >= 0.3 is 0 Å². The first-order valence-corrected chi connectivity index (χ1v) is 6.54. The molecular weight excluding hydrogens is 236 g/mol. The number of aromatic hydroxyl groups is 1. The molecule has 0 amide bonds. The second kappa shape index (κ2) is 4.26. The van der Waals surface area contributed by atoms with Gasteiger partial charge in [-0.2, -0.15) is 0 Å². The van der Waals surface area contributed by atoms with E-state index in [-0.39, 0.29) is 5.41 Å². The number of phenolic OH excluding ortho intramolecular Hbond substituents is 1. The van der Waals surface area contributed by atoms with Crippen LogP contribution in [0.25, 0.3) is 0 Å². The molecule has 3 nitrogen and oxygen atoms in total. The van der Waals surface area contributed by atoms with Crippen molar-refractivity contribution in [2.45, 2.75) is 25.8 Å². The maximum absolute atomic E-state index is 9.68. The highest BCUT2D eigenvalue weighted by molar-refractivity contribution is 5.64. The van der Waals surface area contributed by atoms with Crippen LogP contribution in [0.4, 0.5) is 5.69 Å². The SMILES string of the molecule is CC1(C)CN(Cc2ccncc2)c2ccc(O)cc21. The average molecular weight is 254 g/mol. The normalized spacial score (nSPS) is 16.4. The summed E-state index contributed by atoms with van der Waals surface area (Å²) in [5.74, 6) is 0.345. The molecule has 0 aliphatic carbocycles. The van der Waals surface area contributed by atoms with Crippen LogP contribution in [0.3, 0.4) is 0 Å². The van der Waals surface area contributed by atoms with Gasteiger partial charge in [0.05, 0.1) is 0 Å². The van der Waals surface area contributed by atoms with Gasteiger partial charge in [-0.1, -0.05) is 13.8 Å². The Bertz CT molecular complexity index is 593. The Hall–Kier alpha value is -2.03. The summed E-state index contributed by atoms with van der Waals surface area (Å²) in [6, 6.07) is 9.76. The molecule has 0 atom stereocenters. The van der Waals surface area contributed by atoms with Crippen molar-refractivity contribution in [3.63, 3.8) is 0 Å². The summed E-state index contributed by atoms with van der Waals surface area (Å²) in [6.45, 7) is 6.29. The van der Waals surface area contributed by atoms with Crippen molar-refractivity contribution in [3.8, 4) is 5.75 Å².